The minimum atomic E-state index is 0.458. The Kier molecular flexibility index (Phi) is 1.01. The first-order chi connectivity index (χ1) is 5.95. The van der Waals surface area contributed by atoms with Gasteiger partial charge in [-0.25, -0.2) is 0 Å². The van der Waals surface area contributed by atoms with Crippen LogP contribution in [0.1, 0.15) is 11.6 Å². The third-order valence-corrected chi connectivity index (χ3v) is 2.46. The Bertz CT molecular complexity index is 343. The summed E-state index contributed by atoms with van der Waals surface area (Å²) in [4.78, 5) is 2.29. The standard InChI is InChI=1S/C11H9N/c1-2-7-12-10-5-3-4-9(8-10)11(12)6-1/h1-8,11H/t11-/m1/s1. The molecule has 58 valence electrons. The van der Waals surface area contributed by atoms with Crippen LogP contribution in [0.15, 0.2) is 48.7 Å². The summed E-state index contributed by atoms with van der Waals surface area (Å²) in [5.41, 5.74) is 2.70. The van der Waals surface area contributed by atoms with Crippen molar-refractivity contribution in [1.82, 2.24) is 0 Å². The highest BCUT2D eigenvalue weighted by Gasteiger charge is 2.24. The second-order valence-corrected chi connectivity index (χ2v) is 3.17. The molecule has 1 nitrogen and oxygen atoms in total. The van der Waals surface area contributed by atoms with Gasteiger partial charge in [0.1, 0.15) is 0 Å². The van der Waals surface area contributed by atoms with Gasteiger partial charge < -0.3 is 4.90 Å². The van der Waals surface area contributed by atoms with E-state index in [4.69, 9.17) is 0 Å². The van der Waals surface area contributed by atoms with Gasteiger partial charge in [0.2, 0.25) is 0 Å². The Labute approximate surface area is 71.6 Å². The van der Waals surface area contributed by atoms with E-state index in [0.29, 0.717) is 6.04 Å². The summed E-state index contributed by atoms with van der Waals surface area (Å²) in [6.07, 6.45) is 8.54. The molecule has 1 aromatic rings. The second-order valence-electron chi connectivity index (χ2n) is 3.17. The highest BCUT2D eigenvalue weighted by Crippen LogP contribution is 2.38. The van der Waals surface area contributed by atoms with Crippen LogP contribution in [0.3, 0.4) is 0 Å². The summed E-state index contributed by atoms with van der Waals surface area (Å²) in [6.45, 7) is 0. The van der Waals surface area contributed by atoms with Gasteiger partial charge in [-0.15, -0.1) is 0 Å². The Morgan fingerprint density at radius 2 is 2.17 bits per heavy atom. The lowest BCUT2D eigenvalue weighted by Crippen LogP contribution is -2.17. The lowest BCUT2D eigenvalue weighted by atomic mass is 10.1. The quantitative estimate of drug-likeness (QED) is 0.556. The number of nitrogens with zero attached hydrogens (tertiary/aromatic N) is 1. The van der Waals surface area contributed by atoms with Gasteiger partial charge in [0, 0.05) is 11.9 Å². The van der Waals surface area contributed by atoms with Crippen LogP contribution in [-0.4, -0.2) is 0 Å². The minimum Gasteiger partial charge on any atom is -0.337 e. The first-order valence-electron chi connectivity index (χ1n) is 4.18. The predicted octanol–water partition coefficient (Wildman–Crippen LogP) is 2.63. The Hall–Kier alpha value is -1.50. The van der Waals surface area contributed by atoms with Gasteiger partial charge in [0.05, 0.1) is 6.04 Å². The van der Waals surface area contributed by atoms with E-state index < -0.39 is 0 Å². The maximum absolute atomic E-state index is 2.29. The van der Waals surface area contributed by atoms with E-state index in [2.05, 4.69) is 53.6 Å². The normalized spacial score (nSPS) is 23.0. The molecule has 0 aliphatic carbocycles. The summed E-state index contributed by atoms with van der Waals surface area (Å²) in [5, 5.41) is 0. The summed E-state index contributed by atoms with van der Waals surface area (Å²) in [6, 6.07) is 9.14. The van der Waals surface area contributed by atoms with Gasteiger partial charge in [-0.2, -0.15) is 0 Å². The third kappa shape index (κ3) is 0.632. The van der Waals surface area contributed by atoms with E-state index in [1.54, 1.807) is 0 Å². The van der Waals surface area contributed by atoms with Crippen molar-refractivity contribution in [3.63, 3.8) is 0 Å². The van der Waals surface area contributed by atoms with Gasteiger partial charge in [0.15, 0.2) is 0 Å². The van der Waals surface area contributed by atoms with Crippen molar-refractivity contribution in [3.05, 3.63) is 54.3 Å². The molecular formula is C11H9N. The molecule has 0 N–H and O–H groups in total. The number of hydrogen-bond acceptors (Lipinski definition) is 1. The molecule has 2 bridgehead atoms. The molecule has 1 atom stereocenters. The molecule has 0 saturated carbocycles. The molecule has 0 radical (unpaired) electrons. The highest BCUT2D eigenvalue weighted by atomic mass is 15.2. The predicted molar refractivity (Wildman–Crippen MR) is 49.9 cm³/mol. The van der Waals surface area contributed by atoms with Crippen LogP contribution in [0.5, 0.6) is 0 Å². The lowest BCUT2D eigenvalue weighted by molar-refractivity contribution is 0.875. The van der Waals surface area contributed by atoms with E-state index in [9.17, 15) is 0 Å². The fourth-order valence-corrected chi connectivity index (χ4v) is 1.89. The van der Waals surface area contributed by atoms with E-state index >= 15 is 0 Å². The zero-order chi connectivity index (χ0) is 7.97. The summed E-state index contributed by atoms with van der Waals surface area (Å²) in [7, 11) is 0. The number of benzene rings is 1. The van der Waals surface area contributed by atoms with Gasteiger partial charge in [0.25, 0.3) is 0 Å². The summed E-state index contributed by atoms with van der Waals surface area (Å²) >= 11 is 0. The van der Waals surface area contributed by atoms with Crippen LogP contribution in [0.2, 0.25) is 0 Å². The average Bonchev–Trinajstić information content (AvgIpc) is 2.41. The number of hydrogen-bond donors (Lipinski definition) is 0. The van der Waals surface area contributed by atoms with Crippen LogP contribution in [0.25, 0.3) is 0 Å². The number of anilines is 1. The molecule has 2 aliphatic heterocycles. The topological polar surface area (TPSA) is 3.24 Å². The molecule has 0 saturated heterocycles. The Morgan fingerprint density at radius 3 is 3.17 bits per heavy atom. The molecule has 0 spiro atoms. The fraction of sp³-hybridized carbons (Fsp3) is 0.0909. The molecule has 3 rings (SSSR count). The summed E-state index contributed by atoms with van der Waals surface area (Å²) in [5.74, 6) is 0. The minimum absolute atomic E-state index is 0.458. The van der Waals surface area contributed by atoms with Crippen LogP contribution < -0.4 is 4.90 Å². The van der Waals surface area contributed by atoms with Crippen molar-refractivity contribution in [2.24, 2.45) is 0 Å². The maximum Gasteiger partial charge on any atom is 0.0773 e. The maximum atomic E-state index is 2.29. The zero-order valence-corrected chi connectivity index (χ0v) is 6.64. The molecule has 0 aromatic heterocycles. The molecule has 12 heavy (non-hydrogen) atoms. The van der Waals surface area contributed by atoms with Crippen LogP contribution >= 0.6 is 0 Å². The molecule has 2 aliphatic rings. The molecule has 0 amide bonds. The fourth-order valence-electron chi connectivity index (χ4n) is 1.89. The Morgan fingerprint density at radius 1 is 1.17 bits per heavy atom. The van der Waals surface area contributed by atoms with Gasteiger partial charge in [-0.05, 0) is 23.8 Å². The molecule has 0 fully saturated rings. The zero-order valence-electron chi connectivity index (χ0n) is 6.64. The monoisotopic (exact) mass is 155 g/mol. The van der Waals surface area contributed by atoms with E-state index in [1.807, 2.05) is 0 Å². The highest BCUT2D eigenvalue weighted by molar-refractivity contribution is 5.62. The van der Waals surface area contributed by atoms with E-state index in [1.165, 1.54) is 11.3 Å². The van der Waals surface area contributed by atoms with Crippen LogP contribution in [0, 0.1) is 0 Å². The number of rotatable bonds is 0. The first-order valence-corrected chi connectivity index (χ1v) is 4.18. The number of fused-ring (bicyclic) bond motifs is 5. The average molecular weight is 155 g/mol. The molecule has 0 unspecified atom stereocenters. The van der Waals surface area contributed by atoms with Crippen molar-refractivity contribution in [1.29, 1.82) is 0 Å². The SMILES string of the molecule is C1=C[C@@H]2c3cccc(c3)N2C=C1. The van der Waals surface area contributed by atoms with Gasteiger partial charge in [-0.3, -0.25) is 0 Å². The Balaban J connectivity index is 2.21. The van der Waals surface area contributed by atoms with Crippen molar-refractivity contribution < 1.29 is 0 Å². The molecular weight excluding hydrogens is 146 g/mol. The van der Waals surface area contributed by atoms with Crippen molar-refractivity contribution >= 4 is 5.69 Å². The van der Waals surface area contributed by atoms with Gasteiger partial charge in [-0.1, -0.05) is 24.3 Å². The van der Waals surface area contributed by atoms with Crippen molar-refractivity contribution in [3.8, 4) is 0 Å². The van der Waals surface area contributed by atoms with E-state index in [0.717, 1.165) is 0 Å². The van der Waals surface area contributed by atoms with Gasteiger partial charge >= 0.3 is 0 Å². The van der Waals surface area contributed by atoms with E-state index in [-0.39, 0.29) is 0 Å². The smallest absolute Gasteiger partial charge is 0.0773 e. The second kappa shape index (κ2) is 2.01. The first kappa shape index (κ1) is 6.06. The lowest BCUT2D eigenvalue weighted by Gasteiger charge is -2.23. The molecule has 2 heterocycles. The van der Waals surface area contributed by atoms with Crippen LogP contribution in [0.4, 0.5) is 5.69 Å². The molecule has 1 aromatic carbocycles. The molecule has 1 heteroatoms. The summed E-state index contributed by atoms with van der Waals surface area (Å²) < 4.78 is 0. The van der Waals surface area contributed by atoms with Crippen molar-refractivity contribution in [2.75, 3.05) is 4.90 Å². The van der Waals surface area contributed by atoms with Crippen LogP contribution in [-0.2, 0) is 0 Å². The van der Waals surface area contributed by atoms with Crippen molar-refractivity contribution in [2.45, 2.75) is 6.04 Å². The largest absolute Gasteiger partial charge is 0.337 e. The third-order valence-electron chi connectivity index (χ3n) is 2.46. The number of allylic oxidation sites excluding steroid dienone is 2.